The molecular weight excluding hydrogens is 154 g/mol. The Morgan fingerprint density at radius 1 is 2.00 bits per heavy atom. The van der Waals surface area contributed by atoms with Crippen molar-refractivity contribution in [2.24, 2.45) is 0 Å². The molecule has 4 nitrogen and oxygen atoms in total. The maximum atomic E-state index is 7.23. The van der Waals surface area contributed by atoms with Crippen molar-refractivity contribution in [2.45, 2.75) is 19.3 Å². The maximum Gasteiger partial charge on any atom is 0.213 e. The van der Waals surface area contributed by atoms with E-state index in [9.17, 15) is 0 Å². The molecule has 0 spiro atoms. The Bertz CT molecular complexity index is 275. The van der Waals surface area contributed by atoms with Crippen molar-refractivity contribution in [3.8, 4) is 0 Å². The number of halogens is 1. The van der Waals surface area contributed by atoms with Crippen LogP contribution in [0.25, 0.3) is 0 Å². The van der Waals surface area contributed by atoms with E-state index in [4.69, 9.17) is 15.9 Å². The van der Waals surface area contributed by atoms with Gasteiger partial charge in [-0.1, -0.05) is 5.16 Å². The van der Waals surface area contributed by atoms with Crippen LogP contribution in [0.2, 0.25) is 0 Å². The van der Waals surface area contributed by atoms with Crippen molar-refractivity contribution in [1.29, 1.82) is 0 Å². The molecule has 0 saturated heterocycles. The van der Waals surface area contributed by atoms with Crippen LogP contribution < -0.4 is 4.84 Å². The lowest BCUT2D eigenvalue weighted by Gasteiger charge is -2.16. The number of rotatable bonds is 2. The summed E-state index contributed by atoms with van der Waals surface area (Å²) in [6, 6.07) is 0. The molecule has 0 bridgehead atoms. The fourth-order valence-electron chi connectivity index (χ4n) is 0.433. The van der Waals surface area contributed by atoms with Crippen molar-refractivity contribution < 1.29 is 8.64 Å². The molecule has 0 saturated carbocycles. The summed E-state index contributed by atoms with van der Waals surface area (Å²) in [4.78, 5) is 5.79. The van der Waals surface area contributed by atoms with E-state index in [1.165, 1.54) is 6.92 Å². The molecule has 1 N–H and O–H groups in total. The van der Waals surface area contributed by atoms with Crippen LogP contribution in [0.3, 0.4) is 0 Å². The highest BCUT2D eigenvalue weighted by Crippen LogP contribution is 2.14. The number of nitrogens with one attached hydrogen (secondary N) is 1. The molecule has 0 aliphatic carbocycles. The average molecular weight is 165 g/mol. The summed E-state index contributed by atoms with van der Waals surface area (Å²) in [5.74, 6) is 0.00231. The van der Waals surface area contributed by atoms with Crippen LogP contribution >= 0.6 is 11.8 Å². The first-order valence-electron chi connectivity index (χ1n) is 4.06. The molecule has 1 rings (SSSR count). The molecule has 10 heavy (non-hydrogen) atoms. The van der Waals surface area contributed by atoms with Gasteiger partial charge in [0.05, 0.1) is 5.54 Å². The zero-order valence-electron chi connectivity index (χ0n) is 8.26. The van der Waals surface area contributed by atoms with Gasteiger partial charge in [-0.3, -0.25) is 0 Å². The van der Waals surface area contributed by atoms with Crippen LogP contribution in [0.1, 0.15) is 23.7 Å². The second-order valence-corrected chi connectivity index (χ2v) is 2.16. The van der Waals surface area contributed by atoms with Gasteiger partial charge in [0.15, 0.2) is 5.82 Å². The number of aromatic nitrogens is 2. The van der Waals surface area contributed by atoms with E-state index in [1.54, 1.807) is 0 Å². The second kappa shape index (κ2) is 2.56. The van der Waals surface area contributed by atoms with E-state index in [1.807, 2.05) is 0 Å². The molecule has 1 atom stereocenters. The normalized spacial score (nSPS) is 22.4. The van der Waals surface area contributed by atoms with Gasteiger partial charge in [0, 0.05) is 4.11 Å². The lowest BCUT2D eigenvalue weighted by molar-refractivity contribution is 0.379. The first kappa shape index (κ1) is 4.31. The van der Waals surface area contributed by atoms with Gasteiger partial charge < -0.3 is 4.52 Å². The Labute approximate surface area is 67.9 Å². The van der Waals surface area contributed by atoms with Crippen molar-refractivity contribution in [1.82, 2.24) is 15.0 Å². The van der Waals surface area contributed by atoms with Crippen LogP contribution in [0.4, 0.5) is 0 Å². The van der Waals surface area contributed by atoms with Crippen molar-refractivity contribution in [3.05, 3.63) is 12.2 Å². The molecule has 56 valence electrons. The predicted octanol–water partition coefficient (Wildman–Crippen LogP) is 1.05. The monoisotopic (exact) mass is 164 g/mol. The molecule has 1 heterocycles. The minimum Gasteiger partial charge on any atom is -0.343 e. The zero-order chi connectivity index (χ0) is 10.1. The van der Waals surface area contributed by atoms with Gasteiger partial charge in [-0.15, -0.1) is 0 Å². The summed E-state index contributed by atoms with van der Waals surface area (Å²) in [6.45, 7) is -0.976. The van der Waals surface area contributed by atoms with Gasteiger partial charge in [-0.05, 0) is 25.6 Å². The van der Waals surface area contributed by atoms with E-state index in [2.05, 4.69) is 19.5 Å². The van der Waals surface area contributed by atoms with E-state index in [-0.39, 0.29) is 5.82 Å². The van der Waals surface area contributed by atoms with Crippen LogP contribution in [0.5, 0.6) is 0 Å². The fourth-order valence-corrected chi connectivity index (χ4v) is 0.518. The van der Waals surface area contributed by atoms with Gasteiger partial charge in [-0.25, -0.2) is 4.84 Å². The van der Waals surface area contributed by atoms with Crippen molar-refractivity contribution in [2.75, 3.05) is 0 Å². The lowest BCUT2D eigenvalue weighted by Crippen LogP contribution is -2.30. The maximum absolute atomic E-state index is 7.23. The molecule has 5 heteroatoms. The zero-order valence-corrected chi connectivity index (χ0v) is 6.01. The van der Waals surface area contributed by atoms with Crippen LogP contribution in [0, 0.1) is 0 Å². The second-order valence-electron chi connectivity index (χ2n) is 1.97. The molecular formula is C5H8ClN3O. The summed E-state index contributed by atoms with van der Waals surface area (Å²) in [5.41, 5.74) is -1.50. The molecule has 1 aromatic rings. The SMILES string of the molecule is [2H]C([2H])([2H])C(C)(NCl)c1ncon1. The topological polar surface area (TPSA) is 51.0 Å². The summed E-state index contributed by atoms with van der Waals surface area (Å²) in [7, 11) is 0. The quantitative estimate of drug-likeness (QED) is 0.664. The third kappa shape index (κ3) is 1.27. The van der Waals surface area contributed by atoms with Gasteiger partial charge in [0.2, 0.25) is 6.39 Å². The van der Waals surface area contributed by atoms with E-state index < -0.39 is 12.4 Å². The summed E-state index contributed by atoms with van der Waals surface area (Å²) in [5, 5.41) is 3.43. The highest BCUT2D eigenvalue weighted by atomic mass is 35.5. The third-order valence-corrected chi connectivity index (χ3v) is 1.38. The molecule has 0 radical (unpaired) electrons. The molecule has 1 unspecified atom stereocenters. The first-order chi connectivity index (χ1) is 5.92. The van der Waals surface area contributed by atoms with Crippen LogP contribution in [-0.4, -0.2) is 10.1 Å². The fraction of sp³-hybridized carbons (Fsp3) is 0.600. The van der Waals surface area contributed by atoms with Gasteiger partial charge in [-0.2, -0.15) is 4.98 Å². The number of hydrogen-bond acceptors (Lipinski definition) is 4. The molecule has 0 amide bonds. The molecule has 0 aliphatic rings. The van der Waals surface area contributed by atoms with E-state index in [0.717, 1.165) is 6.39 Å². The minimum atomic E-state index is -2.35. The van der Waals surface area contributed by atoms with Crippen molar-refractivity contribution >= 4 is 11.8 Å². The van der Waals surface area contributed by atoms with E-state index in [0.29, 0.717) is 0 Å². The summed E-state index contributed by atoms with van der Waals surface area (Å²) in [6.07, 6.45) is 1.05. The van der Waals surface area contributed by atoms with E-state index >= 15 is 0 Å². The van der Waals surface area contributed by atoms with Gasteiger partial charge >= 0.3 is 0 Å². The highest BCUT2D eigenvalue weighted by molar-refractivity contribution is 6.13. The predicted molar refractivity (Wildman–Crippen MR) is 36.3 cm³/mol. The lowest BCUT2D eigenvalue weighted by atomic mass is 10.1. The third-order valence-electron chi connectivity index (χ3n) is 0.997. The Hall–Kier alpha value is -0.610. The van der Waals surface area contributed by atoms with Crippen LogP contribution in [0.15, 0.2) is 10.9 Å². The minimum absolute atomic E-state index is 0.00231. The molecule has 0 aliphatic heterocycles. The molecule has 0 fully saturated rings. The molecule has 0 aromatic carbocycles. The van der Waals surface area contributed by atoms with Crippen molar-refractivity contribution in [3.63, 3.8) is 0 Å². The average Bonchev–Trinajstić information content (AvgIpc) is 2.52. The Morgan fingerprint density at radius 2 is 2.80 bits per heavy atom. The number of nitrogens with zero attached hydrogens (tertiary/aromatic N) is 2. The Kier molecular flexibility index (Phi) is 1.10. The first-order valence-corrected chi connectivity index (χ1v) is 2.94. The Balaban J connectivity index is 3.09. The number of hydrogen-bond donors (Lipinski definition) is 1. The smallest absolute Gasteiger partial charge is 0.213 e. The summed E-state index contributed by atoms with van der Waals surface area (Å²) >= 11 is 5.35. The summed E-state index contributed by atoms with van der Waals surface area (Å²) < 4.78 is 26.1. The standard InChI is InChI=1S/C5H8ClN3O/c1-5(2,9-6)4-7-3-10-8-4/h3,9H,1-2H3/i1D3. The van der Waals surface area contributed by atoms with Crippen LogP contribution in [-0.2, 0) is 5.54 Å². The largest absolute Gasteiger partial charge is 0.343 e. The Morgan fingerprint density at radius 3 is 3.20 bits per heavy atom. The molecule has 1 aromatic heterocycles. The van der Waals surface area contributed by atoms with Gasteiger partial charge in [0.1, 0.15) is 0 Å². The van der Waals surface area contributed by atoms with Gasteiger partial charge in [0.25, 0.3) is 0 Å². The highest BCUT2D eigenvalue weighted by Gasteiger charge is 2.23.